The molecule has 0 amide bonds. The summed E-state index contributed by atoms with van der Waals surface area (Å²) in [5.41, 5.74) is 0. The maximum Gasteiger partial charge on any atom is 0.215 e. The Hall–Kier alpha value is -0.160. The van der Waals surface area contributed by atoms with Crippen LogP contribution in [0.5, 0.6) is 0 Å². The van der Waals surface area contributed by atoms with Crippen molar-refractivity contribution < 1.29 is 18.9 Å². The van der Waals surface area contributed by atoms with Gasteiger partial charge in [-0.2, -0.15) is 0 Å². The van der Waals surface area contributed by atoms with E-state index in [0.29, 0.717) is 13.2 Å². The van der Waals surface area contributed by atoms with Crippen molar-refractivity contribution in [3.05, 3.63) is 0 Å². The lowest BCUT2D eigenvalue weighted by molar-refractivity contribution is -0.259. The topological polar surface area (TPSA) is 36.9 Å². The molecule has 4 nitrogen and oxygen atoms in total. The lowest BCUT2D eigenvalue weighted by Crippen LogP contribution is -2.44. The van der Waals surface area contributed by atoms with Crippen LogP contribution in [0.25, 0.3) is 0 Å². The summed E-state index contributed by atoms with van der Waals surface area (Å²) in [5.74, 6) is -0.783. The third kappa shape index (κ3) is 25.9. The number of unbranched alkanes of at least 4 members (excludes halogenated alkanes) is 22. The molecule has 0 fully saturated rings. The van der Waals surface area contributed by atoms with Crippen molar-refractivity contribution in [2.24, 2.45) is 0 Å². The van der Waals surface area contributed by atoms with Crippen molar-refractivity contribution in [3.8, 4) is 0 Å². The molecule has 0 atom stereocenters. The molecule has 0 saturated heterocycles. The zero-order valence-corrected chi connectivity index (χ0v) is 25.9. The second-order valence-electron chi connectivity index (χ2n) is 11.2. The SMILES string of the molecule is CCCCCCCCCCCCCCOCC(COCCCCCCCCCCCCCC)(OC)OC. The second-order valence-corrected chi connectivity index (χ2v) is 11.2. The summed E-state index contributed by atoms with van der Waals surface area (Å²) in [6, 6.07) is 0. The number of ether oxygens (including phenoxy) is 4. The van der Waals surface area contributed by atoms with Crippen LogP contribution in [-0.2, 0) is 18.9 Å². The Morgan fingerprint density at radius 2 is 0.595 bits per heavy atom. The van der Waals surface area contributed by atoms with Gasteiger partial charge in [-0.1, -0.05) is 155 Å². The fourth-order valence-corrected chi connectivity index (χ4v) is 4.91. The monoisotopic (exact) mass is 529 g/mol. The van der Waals surface area contributed by atoms with E-state index in [-0.39, 0.29) is 0 Å². The van der Waals surface area contributed by atoms with E-state index in [1.54, 1.807) is 14.2 Å². The summed E-state index contributed by atoms with van der Waals surface area (Å²) < 4.78 is 23.1. The summed E-state index contributed by atoms with van der Waals surface area (Å²) in [6.45, 7) is 6.96. The molecule has 37 heavy (non-hydrogen) atoms. The Morgan fingerprint density at radius 3 is 0.838 bits per heavy atom. The highest BCUT2D eigenvalue weighted by Gasteiger charge is 2.30. The van der Waals surface area contributed by atoms with Gasteiger partial charge in [0.05, 0.1) is 0 Å². The van der Waals surface area contributed by atoms with Crippen LogP contribution >= 0.6 is 0 Å². The lowest BCUT2D eigenvalue weighted by Gasteiger charge is -2.30. The fraction of sp³-hybridized carbons (Fsp3) is 1.00. The Morgan fingerprint density at radius 1 is 0.351 bits per heavy atom. The molecule has 0 N–H and O–H groups in total. The highest BCUT2D eigenvalue weighted by atomic mass is 16.7. The molecule has 0 aromatic rings. The first-order valence-corrected chi connectivity index (χ1v) is 16.5. The number of methoxy groups -OCH3 is 2. The van der Waals surface area contributed by atoms with Crippen LogP contribution < -0.4 is 0 Å². The maximum absolute atomic E-state index is 5.91. The van der Waals surface area contributed by atoms with Crippen LogP contribution in [0.1, 0.15) is 168 Å². The first-order valence-electron chi connectivity index (χ1n) is 16.5. The zero-order chi connectivity index (χ0) is 27.1. The van der Waals surface area contributed by atoms with Gasteiger partial charge in [0, 0.05) is 27.4 Å². The van der Waals surface area contributed by atoms with E-state index in [1.807, 2.05) is 0 Å². The standard InChI is InChI=1S/C33H68O4/c1-5-7-9-11-13-15-17-19-21-23-25-27-29-36-31-33(34-3,35-4)32-37-30-28-26-24-22-20-18-16-14-12-10-8-6-2/h5-32H2,1-4H3. The van der Waals surface area contributed by atoms with Gasteiger partial charge in [-0.25, -0.2) is 0 Å². The van der Waals surface area contributed by atoms with E-state index in [1.165, 1.54) is 141 Å². The Bertz CT molecular complexity index is 377. The zero-order valence-electron chi connectivity index (χ0n) is 25.9. The van der Waals surface area contributed by atoms with Crippen molar-refractivity contribution in [1.82, 2.24) is 0 Å². The van der Waals surface area contributed by atoms with Crippen LogP contribution in [0.4, 0.5) is 0 Å². The molecule has 0 aromatic carbocycles. The minimum atomic E-state index is -0.783. The van der Waals surface area contributed by atoms with Gasteiger partial charge in [0.25, 0.3) is 0 Å². The van der Waals surface area contributed by atoms with Crippen molar-refractivity contribution in [3.63, 3.8) is 0 Å². The van der Waals surface area contributed by atoms with E-state index < -0.39 is 5.79 Å². The number of rotatable bonds is 32. The van der Waals surface area contributed by atoms with Crippen molar-refractivity contribution in [1.29, 1.82) is 0 Å². The van der Waals surface area contributed by atoms with E-state index in [2.05, 4.69) is 13.8 Å². The normalized spacial score (nSPS) is 12.0. The van der Waals surface area contributed by atoms with Gasteiger partial charge in [-0.15, -0.1) is 0 Å². The fourth-order valence-electron chi connectivity index (χ4n) is 4.91. The van der Waals surface area contributed by atoms with Gasteiger partial charge in [0.1, 0.15) is 13.2 Å². The van der Waals surface area contributed by atoms with Gasteiger partial charge in [-0.05, 0) is 12.8 Å². The maximum atomic E-state index is 5.91. The quantitative estimate of drug-likeness (QED) is 0.0642. The van der Waals surface area contributed by atoms with Crippen LogP contribution in [0, 0.1) is 0 Å². The van der Waals surface area contributed by atoms with E-state index in [0.717, 1.165) is 26.1 Å². The minimum Gasteiger partial charge on any atom is -0.376 e. The summed E-state index contributed by atoms with van der Waals surface area (Å²) in [6.07, 6.45) is 32.6. The molecule has 0 radical (unpaired) electrons. The average Bonchev–Trinajstić information content (AvgIpc) is 2.92. The van der Waals surface area contributed by atoms with Gasteiger partial charge in [0.15, 0.2) is 0 Å². The van der Waals surface area contributed by atoms with Crippen LogP contribution in [0.15, 0.2) is 0 Å². The predicted molar refractivity (Wildman–Crippen MR) is 161 cm³/mol. The molecule has 0 heterocycles. The third-order valence-corrected chi connectivity index (χ3v) is 7.67. The second kappa shape index (κ2) is 30.4. The van der Waals surface area contributed by atoms with Gasteiger partial charge >= 0.3 is 0 Å². The molecular weight excluding hydrogens is 460 g/mol. The molecule has 0 unspecified atom stereocenters. The minimum absolute atomic E-state index is 0.427. The van der Waals surface area contributed by atoms with Gasteiger partial charge < -0.3 is 18.9 Å². The largest absolute Gasteiger partial charge is 0.376 e. The number of hydrogen-bond acceptors (Lipinski definition) is 4. The first-order chi connectivity index (χ1) is 18.2. The van der Waals surface area contributed by atoms with E-state index in [4.69, 9.17) is 18.9 Å². The van der Waals surface area contributed by atoms with E-state index in [9.17, 15) is 0 Å². The Balaban J connectivity index is 3.54. The summed E-state index contributed by atoms with van der Waals surface area (Å²) in [5, 5.41) is 0. The molecule has 0 bridgehead atoms. The average molecular weight is 529 g/mol. The molecule has 0 aliphatic rings. The molecule has 4 heteroatoms. The molecule has 0 aliphatic carbocycles. The molecule has 0 spiro atoms. The highest BCUT2D eigenvalue weighted by Crippen LogP contribution is 2.16. The Labute approximate surface area is 233 Å². The van der Waals surface area contributed by atoms with Crippen molar-refractivity contribution in [2.75, 3.05) is 40.6 Å². The molecule has 0 aromatic heterocycles. The van der Waals surface area contributed by atoms with Gasteiger partial charge in [-0.3, -0.25) is 0 Å². The highest BCUT2D eigenvalue weighted by molar-refractivity contribution is 4.68. The van der Waals surface area contributed by atoms with E-state index >= 15 is 0 Å². The smallest absolute Gasteiger partial charge is 0.215 e. The summed E-state index contributed by atoms with van der Waals surface area (Å²) in [4.78, 5) is 0. The Kier molecular flexibility index (Phi) is 30.3. The van der Waals surface area contributed by atoms with Crippen LogP contribution in [-0.4, -0.2) is 46.4 Å². The van der Waals surface area contributed by atoms with Crippen LogP contribution in [0.3, 0.4) is 0 Å². The molecule has 224 valence electrons. The number of hydrogen-bond donors (Lipinski definition) is 0. The van der Waals surface area contributed by atoms with Gasteiger partial charge in [0.2, 0.25) is 5.79 Å². The molecular formula is C33H68O4. The first kappa shape index (κ1) is 36.8. The van der Waals surface area contributed by atoms with Crippen LogP contribution in [0.2, 0.25) is 0 Å². The molecule has 0 rings (SSSR count). The van der Waals surface area contributed by atoms with Crippen molar-refractivity contribution in [2.45, 2.75) is 174 Å². The lowest BCUT2D eigenvalue weighted by atomic mass is 10.1. The predicted octanol–water partition coefficient (Wildman–Crippen LogP) is 10.4. The van der Waals surface area contributed by atoms with Crippen molar-refractivity contribution >= 4 is 0 Å². The summed E-state index contributed by atoms with van der Waals surface area (Å²) in [7, 11) is 3.37. The third-order valence-electron chi connectivity index (χ3n) is 7.67. The summed E-state index contributed by atoms with van der Waals surface area (Å²) >= 11 is 0. The molecule has 0 saturated carbocycles. The molecule has 0 aliphatic heterocycles.